The molecule has 0 saturated heterocycles. The lowest BCUT2D eigenvalue weighted by Crippen LogP contribution is -2.36. The van der Waals surface area contributed by atoms with E-state index in [1.165, 1.54) is 5.56 Å². The maximum Gasteiger partial charge on any atom is 0.250 e. The highest BCUT2D eigenvalue weighted by molar-refractivity contribution is 5.78. The molecule has 3 nitrogen and oxygen atoms in total. The van der Waals surface area contributed by atoms with Gasteiger partial charge in [-0.25, -0.2) is 5.06 Å². The lowest BCUT2D eigenvalue weighted by Gasteiger charge is -2.22. The van der Waals surface area contributed by atoms with Gasteiger partial charge in [-0.1, -0.05) is 72.8 Å². The van der Waals surface area contributed by atoms with Crippen LogP contribution in [0.15, 0.2) is 72.8 Å². The molecule has 2 aromatic rings. The van der Waals surface area contributed by atoms with Gasteiger partial charge in [0.2, 0.25) is 0 Å². The van der Waals surface area contributed by atoms with Crippen LogP contribution >= 0.6 is 0 Å². The first-order chi connectivity index (χ1) is 10.7. The molecule has 0 unspecified atom stereocenters. The number of benzene rings is 2. The summed E-state index contributed by atoms with van der Waals surface area (Å²) in [7, 11) is 0. The van der Waals surface area contributed by atoms with Crippen LogP contribution in [-0.2, 0) is 11.2 Å². The zero-order chi connectivity index (χ0) is 15.4. The second-order valence-corrected chi connectivity index (χ2v) is 5.61. The van der Waals surface area contributed by atoms with Crippen LogP contribution in [-0.4, -0.2) is 22.2 Å². The maximum absolute atomic E-state index is 12.2. The largest absolute Gasteiger partial charge is 0.285 e. The molecular formula is C19H19NO2. The van der Waals surface area contributed by atoms with E-state index in [9.17, 15) is 10.0 Å². The second kappa shape index (κ2) is 6.58. The molecule has 0 bridgehead atoms. The number of rotatable bonds is 4. The number of amides is 1. The molecule has 0 spiro atoms. The molecule has 1 aliphatic rings. The first-order valence-electron chi connectivity index (χ1n) is 7.52. The molecule has 0 aliphatic heterocycles. The van der Waals surface area contributed by atoms with Crippen LogP contribution in [0.3, 0.4) is 0 Å². The SMILES string of the molecule is O=C(Cc1ccccc1)N(O)[C@H]1C=C[C@H](c2ccccc2)C1. The van der Waals surface area contributed by atoms with Crippen molar-refractivity contribution in [3.63, 3.8) is 0 Å². The number of nitrogens with zero attached hydrogens (tertiary/aromatic N) is 1. The van der Waals surface area contributed by atoms with Gasteiger partial charge in [0.1, 0.15) is 0 Å². The van der Waals surface area contributed by atoms with Gasteiger partial charge in [0.05, 0.1) is 12.5 Å². The van der Waals surface area contributed by atoms with Crippen molar-refractivity contribution in [2.45, 2.75) is 24.8 Å². The molecular weight excluding hydrogens is 274 g/mol. The van der Waals surface area contributed by atoms with E-state index in [4.69, 9.17) is 0 Å². The molecule has 1 N–H and O–H groups in total. The lowest BCUT2D eigenvalue weighted by molar-refractivity contribution is -0.171. The minimum atomic E-state index is -0.269. The van der Waals surface area contributed by atoms with Crippen LogP contribution in [0.1, 0.15) is 23.5 Å². The molecule has 0 aromatic heterocycles. The molecule has 0 saturated carbocycles. The fourth-order valence-electron chi connectivity index (χ4n) is 2.84. The van der Waals surface area contributed by atoms with Crippen molar-refractivity contribution in [2.75, 3.05) is 0 Å². The third-order valence-corrected chi connectivity index (χ3v) is 4.06. The molecule has 0 heterocycles. The third-order valence-electron chi connectivity index (χ3n) is 4.06. The van der Waals surface area contributed by atoms with Gasteiger partial charge >= 0.3 is 0 Å². The average molecular weight is 293 g/mol. The third kappa shape index (κ3) is 3.26. The summed E-state index contributed by atoms with van der Waals surface area (Å²) in [5, 5.41) is 11.1. The average Bonchev–Trinajstić information content (AvgIpc) is 3.06. The van der Waals surface area contributed by atoms with Gasteiger partial charge in [-0.05, 0) is 17.5 Å². The fraction of sp³-hybridized carbons (Fsp3) is 0.211. The van der Waals surface area contributed by atoms with Crippen molar-refractivity contribution in [3.8, 4) is 0 Å². The number of hydroxylamine groups is 2. The van der Waals surface area contributed by atoms with Gasteiger partial charge in [0, 0.05) is 5.92 Å². The van der Waals surface area contributed by atoms with Crippen LogP contribution in [0.2, 0.25) is 0 Å². The van der Waals surface area contributed by atoms with E-state index in [0.717, 1.165) is 17.0 Å². The summed E-state index contributed by atoms with van der Waals surface area (Å²) in [4.78, 5) is 12.2. The Morgan fingerprint density at radius 3 is 2.32 bits per heavy atom. The highest BCUT2D eigenvalue weighted by Crippen LogP contribution is 2.30. The fourth-order valence-corrected chi connectivity index (χ4v) is 2.84. The number of hydrogen-bond acceptors (Lipinski definition) is 2. The lowest BCUT2D eigenvalue weighted by atomic mass is 9.98. The first-order valence-corrected chi connectivity index (χ1v) is 7.52. The quantitative estimate of drug-likeness (QED) is 0.532. The van der Waals surface area contributed by atoms with Gasteiger partial charge in [0.15, 0.2) is 0 Å². The Kier molecular flexibility index (Phi) is 4.35. The smallest absolute Gasteiger partial charge is 0.250 e. The van der Waals surface area contributed by atoms with Crippen LogP contribution in [0, 0.1) is 0 Å². The van der Waals surface area contributed by atoms with E-state index in [1.807, 2.05) is 54.6 Å². The number of hydrogen-bond donors (Lipinski definition) is 1. The molecule has 3 rings (SSSR count). The van der Waals surface area contributed by atoms with Gasteiger partial charge in [0.25, 0.3) is 5.91 Å². The van der Waals surface area contributed by atoms with Crippen molar-refractivity contribution in [1.29, 1.82) is 0 Å². The van der Waals surface area contributed by atoms with Gasteiger partial charge in [-0.2, -0.15) is 0 Å². The van der Waals surface area contributed by atoms with E-state index in [-0.39, 0.29) is 24.3 Å². The van der Waals surface area contributed by atoms with E-state index < -0.39 is 0 Å². The highest BCUT2D eigenvalue weighted by Gasteiger charge is 2.27. The van der Waals surface area contributed by atoms with Crippen molar-refractivity contribution in [2.24, 2.45) is 0 Å². The van der Waals surface area contributed by atoms with E-state index in [2.05, 4.69) is 18.2 Å². The Hall–Kier alpha value is -2.39. The standard InChI is InChI=1S/C19H19NO2/c21-19(13-15-7-3-1-4-8-15)20(22)18-12-11-17(14-18)16-9-5-2-6-10-16/h1-12,17-18,22H,13-14H2/t17-,18-/m0/s1. The van der Waals surface area contributed by atoms with Crippen LogP contribution in [0.4, 0.5) is 0 Å². The van der Waals surface area contributed by atoms with Crippen molar-refractivity contribution in [1.82, 2.24) is 5.06 Å². The number of allylic oxidation sites excluding steroid dienone is 1. The summed E-state index contributed by atoms with van der Waals surface area (Å²) in [5.74, 6) is -0.0139. The zero-order valence-electron chi connectivity index (χ0n) is 12.3. The van der Waals surface area contributed by atoms with Crippen LogP contribution in [0.25, 0.3) is 0 Å². The summed E-state index contributed by atoms with van der Waals surface area (Å²) in [6, 6.07) is 19.4. The van der Waals surface area contributed by atoms with Crippen molar-refractivity contribution >= 4 is 5.91 Å². The van der Waals surface area contributed by atoms with Gasteiger partial charge in [-0.3, -0.25) is 10.0 Å². The van der Waals surface area contributed by atoms with Gasteiger partial charge < -0.3 is 0 Å². The highest BCUT2D eigenvalue weighted by atomic mass is 16.5. The Morgan fingerprint density at radius 1 is 1.00 bits per heavy atom. The van der Waals surface area contributed by atoms with Crippen LogP contribution in [0.5, 0.6) is 0 Å². The Bertz CT molecular complexity index is 652. The van der Waals surface area contributed by atoms with E-state index >= 15 is 0 Å². The molecule has 22 heavy (non-hydrogen) atoms. The summed E-state index contributed by atoms with van der Waals surface area (Å²) in [6.45, 7) is 0. The second-order valence-electron chi connectivity index (χ2n) is 5.61. The molecule has 0 radical (unpaired) electrons. The predicted octanol–water partition coefficient (Wildman–Crippen LogP) is 3.56. The zero-order valence-corrected chi connectivity index (χ0v) is 12.3. The minimum absolute atomic E-state index is 0.220. The Labute approximate surface area is 130 Å². The van der Waals surface area contributed by atoms with Crippen molar-refractivity contribution in [3.05, 3.63) is 83.9 Å². The monoisotopic (exact) mass is 293 g/mol. The Morgan fingerprint density at radius 2 is 1.64 bits per heavy atom. The molecule has 3 heteroatoms. The van der Waals surface area contributed by atoms with E-state index in [1.54, 1.807) is 0 Å². The summed E-state index contributed by atoms with van der Waals surface area (Å²) in [5.41, 5.74) is 2.12. The predicted molar refractivity (Wildman–Crippen MR) is 85.5 cm³/mol. The van der Waals surface area contributed by atoms with Crippen molar-refractivity contribution < 1.29 is 10.0 Å². The molecule has 1 amide bonds. The Balaban J connectivity index is 1.61. The summed E-state index contributed by atoms with van der Waals surface area (Å²) in [6.07, 6.45) is 4.93. The number of carbonyl (C=O) groups is 1. The topological polar surface area (TPSA) is 40.5 Å². The first kappa shape index (κ1) is 14.5. The molecule has 2 atom stereocenters. The number of carbonyl (C=O) groups excluding carboxylic acids is 1. The van der Waals surface area contributed by atoms with E-state index in [0.29, 0.717) is 0 Å². The summed E-state index contributed by atoms with van der Waals surface area (Å²) < 4.78 is 0. The van der Waals surface area contributed by atoms with Gasteiger partial charge in [-0.15, -0.1) is 0 Å². The van der Waals surface area contributed by atoms with Crippen LogP contribution < -0.4 is 0 Å². The minimum Gasteiger partial charge on any atom is -0.285 e. The normalized spacial score (nSPS) is 20.0. The molecule has 2 aromatic carbocycles. The summed E-state index contributed by atoms with van der Waals surface area (Å²) >= 11 is 0. The molecule has 0 fully saturated rings. The molecule has 1 aliphatic carbocycles. The molecule has 112 valence electrons. The maximum atomic E-state index is 12.2.